The summed E-state index contributed by atoms with van der Waals surface area (Å²) in [5.74, 6) is 0. The fourth-order valence-electron chi connectivity index (χ4n) is 1.80. The standard InChI is InChI=1S/C10H7ClN2O4/c11-10(13(16)17)5-7-3-1-2-4-8(7)9(6-10)12(14)15/h1-4,6H,5H2. The van der Waals surface area contributed by atoms with Crippen molar-refractivity contribution < 1.29 is 9.85 Å². The van der Waals surface area contributed by atoms with E-state index >= 15 is 0 Å². The molecule has 1 atom stereocenters. The van der Waals surface area contributed by atoms with Gasteiger partial charge in [-0.2, -0.15) is 0 Å². The van der Waals surface area contributed by atoms with Crippen LogP contribution in [0.2, 0.25) is 0 Å². The largest absolute Gasteiger partial charge is 0.324 e. The van der Waals surface area contributed by atoms with Gasteiger partial charge in [0.2, 0.25) is 0 Å². The molecule has 0 aliphatic heterocycles. The average Bonchev–Trinajstić information content (AvgIpc) is 2.27. The maximum absolute atomic E-state index is 10.9. The van der Waals surface area contributed by atoms with Crippen LogP contribution in [0.25, 0.3) is 5.70 Å². The average molecular weight is 255 g/mol. The number of halogens is 1. The molecule has 0 fully saturated rings. The molecule has 1 aromatic rings. The molecule has 0 spiro atoms. The van der Waals surface area contributed by atoms with Crippen LogP contribution in [0.5, 0.6) is 0 Å². The molecule has 0 heterocycles. The first-order valence-electron chi connectivity index (χ1n) is 4.73. The molecule has 7 heteroatoms. The number of nitro groups is 2. The zero-order valence-corrected chi connectivity index (χ0v) is 9.26. The summed E-state index contributed by atoms with van der Waals surface area (Å²) in [6, 6.07) is 6.47. The Labute approximate surface area is 101 Å². The van der Waals surface area contributed by atoms with Gasteiger partial charge in [0.1, 0.15) is 0 Å². The summed E-state index contributed by atoms with van der Waals surface area (Å²) in [5.41, 5.74) is 0.572. The summed E-state index contributed by atoms with van der Waals surface area (Å²) in [6.45, 7) is 0. The van der Waals surface area contributed by atoms with Gasteiger partial charge in [-0.3, -0.25) is 20.2 Å². The maximum atomic E-state index is 10.9. The highest BCUT2D eigenvalue weighted by molar-refractivity contribution is 6.24. The van der Waals surface area contributed by atoms with E-state index in [4.69, 9.17) is 11.6 Å². The summed E-state index contributed by atoms with van der Waals surface area (Å²) in [5, 5.41) is 21.7. The van der Waals surface area contributed by atoms with Crippen molar-refractivity contribution in [1.82, 2.24) is 0 Å². The Morgan fingerprint density at radius 1 is 1.24 bits per heavy atom. The first-order chi connectivity index (χ1) is 7.94. The van der Waals surface area contributed by atoms with Crippen molar-refractivity contribution in [1.29, 1.82) is 0 Å². The lowest BCUT2D eigenvalue weighted by atomic mass is 9.92. The van der Waals surface area contributed by atoms with Crippen LogP contribution in [0.15, 0.2) is 30.3 Å². The van der Waals surface area contributed by atoms with Crippen molar-refractivity contribution in [3.8, 4) is 0 Å². The second kappa shape index (κ2) is 3.81. The molecule has 0 aromatic heterocycles. The van der Waals surface area contributed by atoms with Gasteiger partial charge in [0, 0.05) is 4.92 Å². The number of hydrogen-bond donors (Lipinski definition) is 0. The Hall–Kier alpha value is -1.95. The topological polar surface area (TPSA) is 86.3 Å². The summed E-state index contributed by atoms with van der Waals surface area (Å²) in [7, 11) is 0. The van der Waals surface area contributed by atoms with Gasteiger partial charge < -0.3 is 0 Å². The van der Waals surface area contributed by atoms with Crippen molar-refractivity contribution >= 4 is 17.3 Å². The Kier molecular flexibility index (Phi) is 2.59. The lowest BCUT2D eigenvalue weighted by Gasteiger charge is -2.20. The number of benzene rings is 1. The van der Waals surface area contributed by atoms with Gasteiger partial charge in [-0.25, -0.2) is 0 Å². The molecule has 0 saturated carbocycles. The monoisotopic (exact) mass is 254 g/mol. The predicted molar refractivity (Wildman–Crippen MR) is 60.7 cm³/mol. The van der Waals surface area contributed by atoms with E-state index in [0.29, 0.717) is 11.1 Å². The van der Waals surface area contributed by atoms with E-state index in [1.807, 2.05) is 0 Å². The Morgan fingerprint density at radius 3 is 2.47 bits per heavy atom. The highest BCUT2D eigenvalue weighted by atomic mass is 35.5. The molecule has 0 saturated heterocycles. The van der Waals surface area contributed by atoms with Crippen LogP contribution in [-0.4, -0.2) is 14.8 Å². The molecule has 6 nitrogen and oxygen atoms in total. The van der Waals surface area contributed by atoms with Gasteiger partial charge >= 0.3 is 5.00 Å². The molecule has 17 heavy (non-hydrogen) atoms. The number of rotatable bonds is 2. The molecule has 1 aliphatic carbocycles. The molecule has 1 aromatic carbocycles. The molecule has 1 aliphatic rings. The lowest BCUT2D eigenvalue weighted by molar-refractivity contribution is -0.528. The second-order valence-corrected chi connectivity index (χ2v) is 4.35. The Balaban J connectivity index is 2.63. The summed E-state index contributed by atoms with van der Waals surface area (Å²) in [6.07, 6.45) is 0.839. The zero-order valence-electron chi connectivity index (χ0n) is 8.50. The van der Waals surface area contributed by atoms with E-state index in [-0.39, 0.29) is 12.1 Å². The highest BCUT2D eigenvalue weighted by Gasteiger charge is 2.46. The molecular weight excluding hydrogens is 248 g/mol. The molecule has 0 N–H and O–H groups in total. The Morgan fingerprint density at radius 2 is 1.88 bits per heavy atom. The number of nitrogens with zero attached hydrogens (tertiary/aromatic N) is 2. The number of hydrogen-bond acceptors (Lipinski definition) is 4. The molecule has 1 unspecified atom stereocenters. The molecule has 88 valence electrons. The van der Waals surface area contributed by atoms with Crippen LogP contribution in [0, 0.1) is 20.2 Å². The van der Waals surface area contributed by atoms with Crippen molar-refractivity contribution in [3.63, 3.8) is 0 Å². The lowest BCUT2D eigenvalue weighted by Crippen LogP contribution is -2.35. The fraction of sp³-hybridized carbons (Fsp3) is 0.200. The smallest absolute Gasteiger partial charge is 0.262 e. The Bertz CT molecular complexity index is 543. The van der Waals surface area contributed by atoms with Crippen LogP contribution in [0.4, 0.5) is 0 Å². The summed E-state index contributed by atoms with van der Waals surface area (Å²) < 4.78 is 0. The normalized spacial score (nSPS) is 22.5. The minimum atomic E-state index is -1.93. The third-order valence-corrected chi connectivity index (χ3v) is 2.97. The van der Waals surface area contributed by atoms with Gasteiger partial charge in [-0.1, -0.05) is 18.2 Å². The number of fused-ring (bicyclic) bond motifs is 1. The van der Waals surface area contributed by atoms with Crippen molar-refractivity contribution in [2.75, 3.05) is 0 Å². The molecule has 0 bridgehead atoms. The van der Waals surface area contributed by atoms with Gasteiger partial charge in [0.05, 0.1) is 23.0 Å². The van der Waals surface area contributed by atoms with Crippen molar-refractivity contribution in [2.24, 2.45) is 0 Å². The predicted octanol–water partition coefficient (Wildman–Crippen LogP) is 2.07. The number of alkyl halides is 1. The van der Waals surface area contributed by atoms with E-state index in [2.05, 4.69) is 0 Å². The maximum Gasteiger partial charge on any atom is 0.324 e. The third kappa shape index (κ3) is 1.87. The van der Waals surface area contributed by atoms with E-state index in [1.54, 1.807) is 24.3 Å². The molecule has 0 radical (unpaired) electrons. The van der Waals surface area contributed by atoms with Crippen molar-refractivity contribution in [3.05, 3.63) is 61.7 Å². The van der Waals surface area contributed by atoms with Crippen LogP contribution >= 0.6 is 11.6 Å². The van der Waals surface area contributed by atoms with Gasteiger partial charge in [-0.05, 0) is 23.2 Å². The molecule has 0 amide bonds. The van der Waals surface area contributed by atoms with Crippen molar-refractivity contribution in [2.45, 2.75) is 11.4 Å². The van der Waals surface area contributed by atoms with E-state index in [1.165, 1.54) is 0 Å². The second-order valence-electron chi connectivity index (χ2n) is 3.70. The van der Waals surface area contributed by atoms with Crippen LogP contribution < -0.4 is 0 Å². The SMILES string of the molecule is O=[N+]([O-])C1=CC(Cl)([N+](=O)[O-])Cc2ccccc21. The summed E-state index contributed by atoms with van der Waals surface area (Å²) >= 11 is 5.80. The van der Waals surface area contributed by atoms with E-state index in [0.717, 1.165) is 6.08 Å². The fourth-order valence-corrected chi connectivity index (χ4v) is 2.05. The van der Waals surface area contributed by atoms with Gasteiger partial charge in [0.25, 0.3) is 5.70 Å². The molecule has 2 rings (SSSR count). The van der Waals surface area contributed by atoms with E-state index < -0.39 is 14.8 Å². The van der Waals surface area contributed by atoms with Crippen LogP contribution in [0.3, 0.4) is 0 Å². The zero-order chi connectivity index (χ0) is 12.6. The quantitative estimate of drug-likeness (QED) is 0.350. The first-order valence-corrected chi connectivity index (χ1v) is 5.11. The van der Waals surface area contributed by atoms with E-state index in [9.17, 15) is 20.2 Å². The highest BCUT2D eigenvalue weighted by Crippen LogP contribution is 2.35. The van der Waals surface area contributed by atoms with Gasteiger partial charge in [-0.15, -0.1) is 0 Å². The minimum Gasteiger partial charge on any atom is -0.262 e. The van der Waals surface area contributed by atoms with Gasteiger partial charge in [0.15, 0.2) is 0 Å². The first kappa shape index (κ1) is 11.5. The van der Waals surface area contributed by atoms with Crippen LogP contribution in [0.1, 0.15) is 11.1 Å². The summed E-state index contributed by atoms with van der Waals surface area (Å²) in [4.78, 5) is 18.4. The minimum absolute atomic E-state index is 0.0604. The van der Waals surface area contributed by atoms with Crippen LogP contribution in [-0.2, 0) is 6.42 Å². The third-order valence-electron chi connectivity index (χ3n) is 2.59. The molecular formula is C10H7ClN2O4.